The first-order chi connectivity index (χ1) is 11.2. The van der Waals surface area contributed by atoms with Crippen molar-refractivity contribution in [1.29, 1.82) is 0 Å². The lowest BCUT2D eigenvalue weighted by atomic mass is 10.2. The fourth-order valence-corrected chi connectivity index (χ4v) is 2.98. The van der Waals surface area contributed by atoms with Crippen molar-refractivity contribution in [2.75, 3.05) is 6.61 Å². The Kier molecular flexibility index (Phi) is 4.95. The SMILES string of the molecule is Cc1ccc(OCC(=O)N(Cc2cccs2)C2C=CNN2)cc1. The van der Waals surface area contributed by atoms with Gasteiger partial charge in [0, 0.05) is 11.1 Å². The minimum atomic E-state index is -0.175. The number of nitrogens with zero attached hydrogens (tertiary/aromatic N) is 1. The van der Waals surface area contributed by atoms with Crippen molar-refractivity contribution in [3.63, 3.8) is 0 Å². The molecular formula is C17H19N3O2S. The van der Waals surface area contributed by atoms with Gasteiger partial charge in [0.25, 0.3) is 5.91 Å². The molecule has 1 aromatic carbocycles. The van der Waals surface area contributed by atoms with E-state index in [4.69, 9.17) is 4.74 Å². The lowest BCUT2D eigenvalue weighted by molar-refractivity contribution is -0.136. The number of carbonyl (C=O) groups excluding carboxylic acids is 1. The summed E-state index contributed by atoms with van der Waals surface area (Å²) in [6.45, 7) is 2.58. The van der Waals surface area contributed by atoms with E-state index < -0.39 is 0 Å². The summed E-state index contributed by atoms with van der Waals surface area (Å²) >= 11 is 1.64. The standard InChI is InChI=1S/C17H19N3O2S/c1-13-4-6-14(7-5-13)22-12-17(21)20(16-8-9-18-19-16)11-15-3-2-10-23-15/h2-10,16,18-19H,11-12H2,1H3. The van der Waals surface area contributed by atoms with Crippen LogP contribution in [0.5, 0.6) is 5.75 Å². The molecule has 0 radical (unpaired) electrons. The van der Waals surface area contributed by atoms with Gasteiger partial charge in [0.05, 0.1) is 6.54 Å². The van der Waals surface area contributed by atoms with Crippen LogP contribution in [-0.4, -0.2) is 23.6 Å². The maximum absolute atomic E-state index is 12.6. The molecule has 2 N–H and O–H groups in total. The van der Waals surface area contributed by atoms with Gasteiger partial charge in [0.1, 0.15) is 11.9 Å². The van der Waals surface area contributed by atoms with Crippen molar-refractivity contribution in [3.05, 3.63) is 64.5 Å². The van der Waals surface area contributed by atoms with E-state index in [9.17, 15) is 4.79 Å². The largest absolute Gasteiger partial charge is 0.484 e. The van der Waals surface area contributed by atoms with E-state index >= 15 is 0 Å². The average molecular weight is 329 g/mol. The third-order valence-electron chi connectivity index (χ3n) is 3.54. The fraction of sp³-hybridized carbons (Fsp3) is 0.235. The van der Waals surface area contributed by atoms with Crippen LogP contribution in [0.25, 0.3) is 0 Å². The number of nitrogens with one attached hydrogen (secondary N) is 2. The molecule has 0 saturated heterocycles. The van der Waals surface area contributed by atoms with E-state index in [2.05, 4.69) is 10.9 Å². The van der Waals surface area contributed by atoms with Crippen molar-refractivity contribution in [2.45, 2.75) is 19.6 Å². The highest BCUT2D eigenvalue weighted by Crippen LogP contribution is 2.16. The molecule has 0 fully saturated rings. The summed E-state index contributed by atoms with van der Waals surface area (Å²) in [5.41, 5.74) is 7.12. The Morgan fingerprint density at radius 1 is 1.30 bits per heavy atom. The minimum absolute atomic E-state index is 0.0143. The predicted molar refractivity (Wildman–Crippen MR) is 90.7 cm³/mol. The number of benzene rings is 1. The number of amides is 1. The topological polar surface area (TPSA) is 53.6 Å². The van der Waals surface area contributed by atoms with Gasteiger partial charge in [-0.25, -0.2) is 5.43 Å². The number of hydrazine groups is 1. The van der Waals surface area contributed by atoms with Gasteiger partial charge in [0.2, 0.25) is 0 Å². The Hall–Kier alpha value is -2.31. The Labute approximate surface area is 139 Å². The second-order valence-corrected chi connectivity index (χ2v) is 6.33. The molecule has 1 aromatic heterocycles. The first-order valence-corrected chi connectivity index (χ1v) is 8.29. The Morgan fingerprint density at radius 2 is 2.13 bits per heavy atom. The Bertz CT molecular complexity index is 668. The summed E-state index contributed by atoms with van der Waals surface area (Å²) in [4.78, 5) is 15.5. The molecule has 6 heteroatoms. The molecule has 0 bridgehead atoms. The highest BCUT2D eigenvalue weighted by Gasteiger charge is 2.24. The maximum atomic E-state index is 12.6. The third-order valence-corrected chi connectivity index (χ3v) is 4.40. The Balaban J connectivity index is 1.64. The van der Waals surface area contributed by atoms with Crippen molar-refractivity contribution in [3.8, 4) is 5.75 Å². The number of aryl methyl sites for hydroxylation is 1. The van der Waals surface area contributed by atoms with Gasteiger partial charge in [-0.1, -0.05) is 23.8 Å². The molecule has 1 aliphatic heterocycles. The van der Waals surface area contributed by atoms with Crippen molar-refractivity contribution in [2.24, 2.45) is 0 Å². The fourth-order valence-electron chi connectivity index (χ4n) is 2.28. The van der Waals surface area contributed by atoms with Gasteiger partial charge in [0.15, 0.2) is 6.61 Å². The molecule has 1 unspecified atom stereocenters. The van der Waals surface area contributed by atoms with E-state index in [0.717, 1.165) is 10.4 Å². The van der Waals surface area contributed by atoms with Gasteiger partial charge in [-0.05, 0) is 36.6 Å². The average Bonchev–Trinajstić information content (AvgIpc) is 3.25. The predicted octanol–water partition coefficient (Wildman–Crippen LogP) is 2.41. The highest BCUT2D eigenvalue weighted by atomic mass is 32.1. The zero-order chi connectivity index (χ0) is 16.1. The third kappa shape index (κ3) is 4.12. The molecule has 0 saturated carbocycles. The van der Waals surface area contributed by atoms with Gasteiger partial charge < -0.3 is 15.1 Å². The first-order valence-electron chi connectivity index (χ1n) is 7.41. The van der Waals surface area contributed by atoms with Crippen molar-refractivity contribution in [1.82, 2.24) is 15.8 Å². The van der Waals surface area contributed by atoms with Gasteiger partial charge in [-0.15, -0.1) is 11.3 Å². The van der Waals surface area contributed by atoms with E-state index in [0.29, 0.717) is 12.3 Å². The summed E-state index contributed by atoms with van der Waals surface area (Å²) < 4.78 is 5.62. The van der Waals surface area contributed by atoms with Crippen LogP contribution < -0.4 is 15.6 Å². The maximum Gasteiger partial charge on any atom is 0.262 e. The van der Waals surface area contributed by atoms with Gasteiger partial charge >= 0.3 is 0 Å². The summed E-state index contributed by atoms with van der Waals surface area (Å²) in [5, 5.41) is 2.01. The number of rotatable bonds is 6. The lowest BCUT2D eigenvalue weighted by Gasteiger charge is -2.27. The second-order valence-electron chi connectivity index (χ2n) is 5.30. The molecule has 1 amide bonds. The van der Waals surface area contributed by atoms with Crippen molar-refractivity contribution >= 4 is 17.2 Å². The molecule has 3 rings (SSSR count). The van der Waals surface area contributed by atoms with Crippen LogP contribution in [0, 0.1) is 6.92 Å². The monoisotopic (exact) mass is 329 g/mol. The number of carbonyl (C=O) groups is 1. The van der Waals surface area contributed by atoms with Crippen LogP contribution in [0.15, 0.2) is 54.1 Å². The smallest absolute Gasteiger partial charge is 0.262 e. The van der Waals surface area contributed by atoms with Crippen LogP contribution in [-0.2, 0) is 11.3 Å². The normalized spacial score (nSPS) is 16.1. The molecule has 0 spiro atoms. The van der Waals surface area contributed by atoms with Gasteiger partial charge in [-0.2, -0.15) is 0 Å². The summed E-state index contributed by atoms with van der Waals surface area (Å²) in [5.74, 6) is 0.637. The molecule has 1 aliphatic rings. The highest BCUT2D eigenvalue weighted by molar-refractivity contribution is 7.09. The van der Waals surface area contributed by atoms with Crippen LogP contribution in [0.4, 0.5) is 0 Å². The molecule has 0 aliphatic carbocycles. The van der Waals surface area contributed by atoms with E-state index in [1.54, 1.807) is 22.4 Å². The second kappa shape index (κ2) is 7.30. The van der Waals surface area contributed by atoms with Crippen LogP contribution >= 0.6 is 11.3 Å². The van der Waals surface area contributed by atoms with Gasteiger partial charge in [-0.3, -0.25) is 4.79 Å². The molecule has 1 atom stereocenters. The molecule has 5 nitrogen and oxygen atoms in total. The molecule has 120 valence electrons. The molecule has 2 aromatic rings. The lowest BCUT2D eigenvalue weighted by Crippen LogP contribution is -2.49. The quantitative estimate of drug-likeness (QED) is 0.854. The minimum Gasteiger partial charge on any atom is -0.484 e. The molecule has 23 heavy (non-hydrogen) atoms. The molecular weight excluding hydrogens is 310 g/mol. The van der Waals surface area contributed by atoms with E-state index in [-0.39, 0.29) is 18.7 Å². The zero-order valence-corrected chi connectivity index (χ0v) is 13.7. The van der Waals surface area contributed by atoms with Crippen LogP contribution in [0.2, 0.25) is 0 Å². The number of ether oxygens (including phenoxy) is 1. The first kappa shape index (κ1) is 15.6. The molecule has 2 heterocycles. The number of thiophene rings is 1. The van der Waals surface area contributed by atoms with E-state index in [1.165, 1.54) is 0 Å². The zero-order valence-electron chi connectivity index (χ0n) is 12.9. The number of hydrogen-bond donors (Lipinski definition) is 2. The van der Waals surface area contributed by atoms with Crippen LogP contribution in [0.1, 0.15) is 10.4 Å². The number of hydrogen-bond acceptors (Lipinski definition) is 5. The summed E-state index contributed by atoms with van der Waals surface area (Å²) in [6, 6.07) is 11.7. The summed E-state index contributed by atoms with van der Waals surface area (Å²) in [6.07, 6.45) is 3.53. The van der Waals surface area contributed by atoms with E-state index in [1.807, 2.05) is 54.8 Å². The van der Waals surface area contributed by atoms with Crippen LogP contribution in [0.3, 0.4) is 0 Å². The summed E-state index contributed by atoms with van der Waals surface area (Å²) in [7, 11) is 0. The Morgan fingerprint density at radius 3 is 2.78 bits per heavy atom. The van der Waals surface area contributed by atoms with Crippen molar-refractivity contribution < 1.29 is 9.53 Å².